The van der Waals surface area contributed by atoms with Crippen LogP contribution in [0.25, 0.3) is 33.1 Å². The summed E-state index contributed by atoms with van der Waals surface area (Å²) in [7, 11) is 2.20. The van der Waals surface area contributed by atoms with E-state index in [1.807, 2.05) is 6.21 Å². The van der Waals surface area contributed by atoms with Gasteiger partial charge in [-0.05, 0) is 73.2 Å². The van der Waals surface area contributed by atoms with Crippen LogP contribution in [0.3, 0.4) is 0 Å². The first kappa shape index (κ1) is 19.2. The second kappa shape index (κ2) is 7.39. The van der Waals surface area contributed by atoms with Gasteiger partial charge in [0.05, 0.1) is 28.7 Å². The lowest BCUT2D eigenvalue weighted by Crippen LogP contribution is -2.44. The second-order valence-electron chi connectivity index (χ2n) is 9.73. The molecule has 0 bridgehead atoms. The van der Waals surface area contributed by atoms with Crippen LogP contribution in [-0.2, 0) is 19.4 Å². The van der Waals surface area contributed by atoms with Gasteiger partial charge in [0.2, 0.25) is 0 Å². The third kappa shape index (κ3) is 3.00. The first-order valence-corrected chi connectivity index (χ1v) is 12.2. The fourth-order valence-corrected chi connectivity index (χ4v) is 5.85. The van der Waals surface area contributed by atoms with Gasteiger partial charge in [-0.2, -0.15) is 5.10 Å². The molecule has 0 atom stereocenters. The van der Waals surface area contributed by atoms with Gasteiger partial charge in [0.25, 0.3) is 0 Å². The Morgan fingerprint density at radius 2 is 1.76 bits per heavy atom. The molecule has 6 nitrogen and oxygen atoms in total. The molecule has 2 aromatic heterocycles. The van der Waals surface area contributed by atoms with E-state index in [2.05, 4.69) is 57.3 Å². The van der Waals surface area contributed by atoms with Crippen molar-refractivity contribution in [1.82, 2.24) is 20.1 Å². The lowest BCUT2D eigenvalue weighted by molar-refractivity contribution is 0.312. The van der Waals surface area contributed by atoms with Crippen LogP contribution in [0.5, 0.6) is 0 Å². The van der Waals surface area contributed by atoms with Crippen molar-refractivity contribution in [3.8, 4) is 11.3 Å². The Bertz CT molecular complexity index is 1420. The number of hydrogen-bond donors (Lipinski definition) is 1. The van der Waals surface area contributed by atoms with Crippen LogP contribution in [0.1, 0.15) is 35.1 Å². The highest BCUT2D eigenvalue weighted by Crippen LogP contribution is 2.41. The molecule has 0 radical (unpaired) electrons. The van der Waals surface area contributed by atoms with Gasteiger partial charge in [0.15, 0.2) is 5.82 Å². The van der Waals surface area contributed by atoms with E-state index in [9.17, 15) is 0 Å². The average molecular weight is 437 g/mol. The average Bonchev–Trinajstić information content (AvgIpc) is 3.50. The topological polar surface area (TPSA) is 60.4 Å². The third-order valence-electron chi connectivity index (χ3n) is 7.69. The van der Waals surface area contributed by atoms with Crippen molar-refractivity contribution in [3.63, 3.8) is 0 Å². The molecule has 3 aliphatic rings. The van der Waals surface area contributed by atoms with E-state index >= 15 is 0 Å². The summed E-state index contributed by atoms with van der Waals surface area (Å²) in [6.45, 7) is 4.96. The summed E-state index contributed by atoms with van der Waals surface area (Å²) in [5.41, 5.74) is 10.0. The summed E-state index contributed by atoms with van der Waals surface area (Å²) in [5.74, 6) is 1.10. The Balaban J connectivity index is 1.46. The Kier molecular flexibility index (Phi) is 4.31. The summed E-state index contributed by atoms with van der Waals surface area (Å²) in [6.07, 6.45) is 6.67. The largest absolute Gasteiger partial charge is 0.352 e. The molecular formula is C27H28N6. The third-order valence-corrected chi connectivity index (χ3v) is 7.69. The van der Waals surface area contributed by atoms with Crippen molar-refractivity contribution in [2.24, 2.45) is 4.99 Å². The number of hydrogen-bond acceptors (Lipinski definition) is 5. The number of aromatic nitrogens is 3. The number of aryl methyl sites for hydroxylation is 1. The number of anilines is 1. The first-order chi connectivity index (χ1) is 16.3. The minimum Gasteiger partial charge on any atom is -0.352 e. The molecule has 1 aliphatic carbocycles. The molecule has 33 heavy (non-hydrogen) atoms. The van der Waals surface area contributed by atoms with Gasteiger partial charge in [0.1, 0.15) is 0 Å². The summed E-state index contributed by atoms with van der Waals surface area (Å²) in [5, 5.41) is 10.7. The molecule has 7 rings (SSSR count). The second-order valence-corrected chi connectivity index (χ2v) is 9.73. The zero-order valence-corrected chi connectivity index (χ0v) is 19.1. The standard InChI is InChI=1S/C27H28N6/c1-32-10-12-33(13-11-32)27-25-23(30-31-27)9-8-22-24(25)20-4-2-3-5-21(20)26(29-22)17-6-7-18-15-28-16-19(18)14-17/h6-9,14,16H,2-5,10-13,15H2,1H3,(H,30,31). The van der Waals surface area contributed by atoms with Crippen LogP contribution in [0.15, 0.2) is 35.3 Å². The molecule has 0 unspecified atom stereocenters. The van der Waals surface area contributed by atoms with Crippen LogP contribution >= 0.6 is 0 Å². The van der Waals surface area contributed by atoms with Gasteiger partial charge in [-0.3, -0.25) is 10.1 Å². The summed E-state index contributed by atoms with van der Waals surface area (Å²) >= 11 is 0. The normalized spacial score (nSPS) is 18.3. The number of likely N-dealkylation sites (N-methyl/N-ethyl adjacent to an activating group) is 1. The van der Waals surface area contributed by atoms with Crippen LogP contribution in [0.2, 0.25) is 0 Å². The number of aromatic amines is 1. The predicted molar refractivity (Wildman–Crippen MR) is 134 cm³/mol. The molecule has 1 N–H and O–H groups in total. The number of aliphatic imine (C=N–C) groups is 1. The Hall–Kier alpha value is -3.25. The van der Waals surface area contributed by atoms with Crippen molar-refractivity contribution < 1.29 is 0 Å². The molecule has 4 heterocycles. The van der Waals surface area contributed by atoms with E-state index < -0.39 is 0 Å². The highest BCUT2D eigenvalue weighted by molar-refractivity contribution is 6.13. The van der Waals surface area contributed by atoms with E-state index in [4.69, 9.17) is 10.1 Å². The molecular weight excluding hydrogens is 408 g/mol. The highest BCUT2D eigenvalue weighted by Gasteiger charge is 2.25. The lowest BCUT2D eigenvalue weighted by Gasteiger charge is -2.33. The quantitative estimate of drug-likeness (QED) is 0.508. The lowest BCUT2D eigenvalue weighted by atomic mass is 9.85. The molecule has 2 aliphatic heterocycles. The van der Waals surface area contributed by atoms with Gasteiger partial charge in [-0.15, -0.1) is 0 Å². The summed E-state index contributed by atoms with van der Waals surface area (Å²) in [4.78, 5) is 14.6. The number of rotatable bonds is 2. The minimum atomic E-state index is 0.798. The van der Waals surface area contributed by atoms with E-state index in [1.54, 1.807) is 0 Å². The fraction of sp³-hybridized carbons (Fsp3) is 0.370. The number of nitrogens with zero attached hydrogens (tertiary/aromatic N) is 5. The van der Waals surface area contributed by atoms with Gasteiger partial charge in [-0.1, -0.05) is 12.1 Å². The summed E-state index contributed by atoms with van der Waals surface area (Å²) in [6, 6.07) is 11.1. The smallest absolute Gasteiger partial charge is 0.159 e. The first-order valence-electron chi connectivity index (χ1n) is 12.2. The monoisotopic (exact) mass is 436 g/mol. The van der Waals surface area contributed by atoms with Crippen LogP contribution in [0, 0.1) is 0 Å². The van der Waals surface area contributed by atoms with Crippen molar-refractivity contribution >= 4 is 33.8 Å². The maximum Gasteiger partial charge on any atom is 0.159 e. The van der Waals surface area contributed by atoms with E-state index in [1.165, 1.54) is 51.4 Å². The molecule has 0 spiro atoms. The molecule has 2 aromatic carbocycles. The van der Waals surface area contributed by atoms with Gasteiger partial charge < -0.3 is 9.80 Å². The Morgan fingerprint density at radius 1 is 0.909 bits per heavy atom. The Labute approximate surface area is 193 Å². The zero-order valence-electron chi connectivity index (χ0n) is 19.1. The number of nitrogens with one attached hydrogen (secondary N) is 1. The van der Waals surface area contributed by atoms with Crippen LogP contribution in [0.4, 0.5) is 5.82 Å². The number of pyridine rings is 1. The predicted octanol–water partition coefficient (Wildman–Crippen LogP) is 4.34. The van der Waals surface area contributed by atoms with E-state index in [0.717, 1.165) is 68.1 Å². The molecule has 0 amide bonds. The number of fused-ring (bicyclic) bond motifs is 6. The van der Waals surface area contributed by atoms with Gasteiger partial charge >= 0.3 is 0 Å². The van der Waals surface area contributed by atoms with Gasteiger partial charge in [-0.25, -0.2) is 4.98 Å². The van der Waals surface area contributed by atoms with Crippen molar-refractivity contribution in [2.45, 2.75) is 32.2 Å². The summed E-state index contributed by atoms with van der Waals surface area (Å²) < 4.78 is 0. The molecule has 166 valence electrons. The zero-order chi connectivity index (χ0) is 21.9. The minimum absolute atomic E-state index is 0.798. The van der Waals surface area contributed by atoms with Crippen molar-refractivity contribution in [1.29, 1.82) is 0 Å². The number of piperazine rings is 1. The fourth-order valence-electron chi connectivity index (χ4n) is 5.85. The van der Waals surface area contributed by atoms with Crippen LogP contribution in [-0.4, -0.2) is 59.5 Å². The molecule has 4 aromatic rings. The Morgan fingerprint density at radius 3 is 2.64 bits per heavy atom. The molecule has 1 saturated heterocycles. The van der Waals surface area contributed by atoms with Crippen molar-refractivity contribution in [3.05, 3.63) is 52.6 Å². The maximum atomic E-state index is 5.30. The number of H-pyrrole nitrogens is 1. The maximum absolute atomic E-state index is 5.30. The number of benzene rings is 2. The molecule has 0 saturated carbocycles. The van der Waals surface area contributed by atoms with E-state index in [0.29, 0.717) is 0 Å². The molecule has 6 heteroatoms. The highest BCUT2D eigenvalue weighted by atomic mass is 15.3. The van der Waals surface area contributed by atoms with Crippen molar-refractivity contribution in [2.75, 3.05) is 38.1 Å². The van der Waals surface area contributed by atoms with Gasteiger partial charge in [0, 0.05) is 43.3 Å². The SMILES string of the molecule is CN1CCN(c2n[nH]c3ccc4nc(-c5ccc6c(c5)C=NC6)c5c(c4c23)CCCC5)CC1. The van der Waals surface area contributed by atoms with Crippen LogP contribution < -0.4 is 4.90 Å². The van der Waals surface area contributed by atoms with E-state index in [-0.39, 0.29) is 0 Å². The molecule has 1 fully saturated rings.